The number of halogens is 1. The van der Waals surface area contributed by atoms with E-state index in [0.29, 0.717) is 17.3 Å². The number of hydrogen-bond acceptors (Lipinski definition) is 3. The fourth-order valence-electron chi connectivity index (χ4n) is 1.79. The van der Waals surface area contributed by atoms with Crippen molar-refractivity contribution in [3.8, 4) is 0 Å². The van der Waals surface area contributed by atoms with Gasteiger partial charge >= 0.3 is 0 Å². The van der Waals surface area contributed by atoms with Crippen LogP contribution < -0.4 is 0 Å². The van der Waals surface area contributed by atoms with Gasteiger partial charge in [0.25, 0.3) is 5.91 Å². The molecule has 0 bridgehead atoms. The maximum Gasteiger partial charge on any atom is 0.275 e. The van der Waals surface area contributed by atoms with E-state index in [1.54, 1.807) is 25.1 Å². The van der Waals surface area contributed by atoms with Gasteiger partial charge in [0, 0.05) is 25.5 Å². The Balaban J connectivity index is 2.14. The van der Waals surface area contributed by atoms with Crippen molar-refractivity contribution in [2.24, 2.45) is 0 Å². The average molecular weight is 279 g/mol. The molecule has 100 valence electrons. The Labute approximate surface area is 116 Å². The molecule has 0 unspecified atom stereocenters. The Morgan fingerprint density at radius 2 is 2.21 bits per heavy atom. The van der Waals surface area contributed by atoms with Crippen LogP contribution in [0.25, 0.3) is 0 Å². The van der Waals surface area contributed by atoms with Gasteiger partial charge in [-0.2, -0.15) is 5.10 Å². The number of amides is 1. The Hall–Kier alpha value is -1.88. The third-order valence-corrected chi connectivity index (χ3v) is 3.27. The molecule has 1 amide bonds. The first kappa shape index (κ1) is 13.5. The third kappa shape index (κ3) is 2.93. The Morgan fingerprint density at radius 1 is 1.47 bits per heavy atom. The van der Waals surface area contributed by atoms with E-state index in [1.807, 2.05) is 19.1 Å². The van der Waals surface area contributed by atoms with E-state index >= 15 is 0 Å². The first-order valence-corrected chi connectivity index (χ1v) is 6.24. The fourth-order valence-corrected chi connectivity index (χ4v) is 1.95. The normalized spacial score (nSPS) is 10.5. The van der Waals surface area contributed by atoms with Crippen LogP contribution in [0.15, 0.2) is 18.3 Å². The Bertz CT molecular complexity index is 608. The van der Waals surface area contributed by atoms with E-state index < -0.39 is 0 Å². The number of hydrogen-bond donors (Lipinski definition) is 1. The molecular weight excluding hydrogens is 264 g/mol. The summed E-state index contributed by atoms with van der Waals surface area (Å²) in [6, 6.07) is 3.83. The van der Waals surface area contributed by atoms with Crippen LogP contribution in [-0.2, 0) is 6.54 Å². The molecule has 2 aromatic rings. The predicted octanol–water partition coefficient (Wildman–Crippen LogP) is 2.35. The molecule has 2 rings (SSSR count). The number of pyridine rings is 1. The van der Waals surface area contributed by atoms with Gasteiger partial charge in [0.1, 0.15) is 0 Å². The van der Waals surface area contributed by atoms with Crippen LogP contribution >= 0.6 is 11.6 Å². The van der Waals surface area contributed by atoms with Gasteiger partial charge in [-0.25, -0.2) is 0 Å². The average Bonchev–Trinajstić information content (AvgIpc) is 2.69. The van der Waals surface area contributed by atoms with Crippen molar-refractivity contribution in [2.75, 3.05) is 7.05 Å². The Kier molecular flexibility index (Phi) is 3.85. The Morgan fingerprint density at radius 3 is 2.79 bits per heavy atom. The SMILES string of the molecule is Cc1cc(CN(C)C(=O)c2n[nH]c(C)c2Cl)ccn1. The number of aromatic amines is 1. The van der Waals surface area contributed by atoms with Crippen LogP contribution in [0.2, 0.25) is 5.02 Å². The summed E-state index contributed by atoms with van der Waals surface area (Å²) in [7, 11) is 1.72. The van der Waals surface area contributed by atoms with Crippen LogP contribution in [-0.4, -0.2) is 33.0 Å². The van der Waals surface area contributed by atoms with Crippen LogP contribution in [0, 0.1) is 13.8 Å². The molecule has 0 aromatic carbocycles. The molecule has 0 radical (unpaired) electrons. The van der Waals surface area contributed by atoms with E-state index in [9.17, 15) is 4.79 Å². The first-order chi connectivity index (χ1) is 8.99. The van der Waals surface area contributed by atoms with Gasteiger partial charge in [-0.15, -0.1) is 0 Å². The molecule has 2 heterocycles. The maximum absolute atomic E-state index is 12.2. The highest BCUT2D eigenvalue weighted by molar-refractivity contribution is 6.34. The van der Waals surface area contributed by atoms with Crippen LogP contribution in [0.5, 0.6) is 0 Å². The summed E-state index contributed by atoms with van der Waals surface area (Å²) in [6.45, 7) is 4.18. The number of carbonyl (C=O) groups excluding carboxylic acids is 1. The van der Waals surface area contributed by atoms with E-state index in [-0.39, 0.29) is 11.6 Å². The summed E-state index contributed by atoms with van der Waals surface area (Å²) in [5, 5.41) is 7.02. The molecule has 5 nitrogen and oxygen atoms in total. The summed E-state index contributed by atoms with van der Waals surface area (Å²) in [4.78, 5) is 17.9. The van der Waals surface area contributed by atoms with Crippen molar-refractivity contribution in [1.82, 2.24) is 20.1 Å². The summed E-state index contributed by atoms with van der Waals surface area (Å²) in [6.07, 6.45) is 1.73. The van der Waals surface area contributed by atoms with Gasteiger partial charge in [0.2, 0.25) is 0 Å². The molecule has 2 aromatic heterocycles. The van der Waals surface area contributed by atoms with E-state index in [1.165, 1.54) is 0 Å². The van der Waals surface area contributed by atoms with Gasteiger partial charge in [-0.05, 0) is 31.5 Å². The number of carbonyl (C=O) groups is 1. The highest BCUT2D eigenvalue weighted by Gasteiger charge is 2.19. The zero-order valence-corrected chi connectivity index (χ0v) is 11.8. The predicted molar refractivity (Wildman–Crippen MR) is 73.1 cm³/mol. The molecule has 6 heteroatoms. The van der Waals surface area contributed by atoms with Crippen molar-refractivity contribution < 1.29 is 4.79 Å². The molecule has 1 N–H and O–H groups in total. The van der Waals surface area contributed by atoms with Crippen molar-refractivity contribution >= 4 is 17.5 Å². The molecular formula is C13H15ClN4O. The lowest BCUT2D eigenvalue weighted by Gasteiger charge is -2.16. The standard InChI is InChI=1S/C13H15ClN4O/c1-8-6-10(4-5-15-8)7-18(3)13(19)12-11(14)9(2)16-17-12/h4-6H,7H2,1-3H3,(H,16,17). The molecule has 0 atom stereocenters. The third-order valence-electron chi connectivity index (χ3n) is 2.80. The van der Waals surface area contributed by atoms with Crippen molar-refractivity contribution in [2.45, 2.75) is 20.4 Å². The molecule has 0 fully saturated rings. The molecule has 0 aliphatic heterocycles. The lowest BCUT2D eigenvalue weighted by atomic mass is 10.2. The maximum atomic E-state index is 12.2. The molecule has 0 saturated carbocycles. The number of nitrogens with zero attached hydrogens (tertiary/aromatic N) is 3. The van der Waals surface area contributed by atoms with Gasteiger partial charge in [0.15, 0.2) is 5.69 Å². The second kappa shape index (κ2) is 5.40. The lowest BCUT2D eigenvalue weighted by molar-refractivity contribution is 0.0779. The quantitative estimate of drug-likeness (QED) is 0.937. The summed E-state index contributed by atoms with van der Waals surface area (Å²) < 4.78 is 0. The van der Waals surface area contributed by atoms with Crippen LogP contribution in [0.3, 0.4) is 0 Å². The summed E-state index contributed by atoms with van der Waals surface area (Å²) in [5.41, 5.74) is 2.89. The van der Waals surface area contributed by atoms with Gasteiger partial charge in [-0.1, -0.05) is 11.6 Å². The second-order valence-electron chi connectivity index (χ2n) is 4.48. The van der Waals surface area contributed by atoms with E-state index in [2.05, 4.69) is 15.2 Å². The molecule has 0 aliphatic rings. The number of H-pyrrole nitrogens is 1. The van der Waals surface area contributed by atoms with Crippen molar-refractivity contribution in [1.29, 1.82) is 0 Å². The van der Waals surface area contributed by atoms with Gasteiger partial charge < -0.3 is 4.90 Å². The minimum absolute atomic E-state index is 0.205. The number of aromatic nitrogens is 3. The minimum Gasteiger partial charge on any atom is -0.336 e. The zero-order chi connectivity index (χ0) is 14.0. The molecule has 0 aliphatic carbocycles. The zero-order valence-electron chi connectivity index (χ0n) is 11.1. The topological polar surface area (TPSA) is 61.9 Å². The smallest absolute Gasteiger partial charge is 0.275 e. The van der Waals surface area contributed by atoms with Crippen molar-refractivity contribution in [3.05, 3.63) is 46.0 Å². The first-order valence-electron chi connectivity index (χ1n) is 5.86. The molecule has 19 heavy (non-hydrogen) atoms. The lowest BCUT2D eigenvalue weighted by Crippen LogP contribution is -2.26. The second-order valence-corrected chi connectivity index (χ2v) is 4.86. The number of aryl methyl sites for hydroxylation is 2. The van der Waals surface area contributed by atoms with Gasteiger partial charge in [-0.3, -0.25) is 14.9 Å². The summed E-state index contributed by atoms with van der Waals surface area (Å²) >= 11 is 6.02. The number of rotatable bonds is 3. The molecule has 0 spiro atoms. The largest absolute Gasteiger partial charge is 0.336 e. The highest BCUT2D eigenvalue weighted by Crippen LogP contribution is 2.19. The van der Waals surface area contributed by atoms with Crippen LogP contribution in [0.1, 0.15) is 27.4 Å². The minimum atomic E-state index is -0.205. The van der Waals surface area contributed by atoms with Crippen LogP contribution in [0.4, 0.5) is 0 Å². The van der Waals surface area contributed by atoms with Crippen molar-refractivity contribution in [3.63, 3.8) is 0 Å². The van der Waals surface area contributed by atoms with E-state index in [0.717, 1.165) is 11.3 Å². The number of nitrogens with one attached hydrogen (secondary N) is 1. The highest BCUT2D eigenvalue weighted by atomic mass is 35.5. The monoisotopic (exact) mass is 278 g/mol. The van der Waals surface area contributed by atoms with Gasteiger partial charge in [0.05, 0.1) is 10.7 Å². The van der Waals surface area contributed by atoms with E-state index in [4.69, 9.17) is 11.6 Å². The summed E-state index contributed by atoms with van der Waals surface area (Å²) in [5.74, 6) is -0.205. The fraction of sp³-hybridized carbons (Fsp3) is 0.308. The molecule has 0 saturated heterocycles.